The molecule has 1 aromatic carbocycles. The first-order valence-electron chi connectivity index (χ1n) is 6.15. The molecule has 0 bridgehead atoms. The number of oxime groups is 1. The highest BCUT2D eigenvalue weighted by Gasteiger charge is 2.21. The molecule has 2 atom stereocenters. The molecule has 0 aromatic heterocycles. The van der Waals surface area contributed by atoms with Gasteiger partial charge in [0, 0.05) is 30.5 Å². The molecule has 0 aliphatic carbocycles. The fraction of sp³-hybridized carbons (Fsp3) is 0.462. The molecular weight excluding hydrogens is 230 g/mol. The Hall–Kier alpha value is -1.75. The SMILES string of the molecule is CC(CNC1CCOc2ccccc21)/C(N)=N/O. The molecule has 0 saturated carbocycles. The van der Waals surface area contributed by atoms with E-state index in [1.807, 2.05) is 25.1 Å². The maximum absolute atomic E-state index is 8.62. The number of nitrogens with two attached hydrogens (primary N) is 1. The number of ether oxygens (including phenoxy) is 1. The monoisotopic (exact) mass is 249 g/mol. The topological polar surface area (TPSA) is 79.9 Å². The Balaban J connectivity index is 1.99. The van der Waals surface area contributed by atoms with Crippen LogP contribution in [0.25, 0.3) is 0 Å². The molecule has 1 heterocycles. The normalized spacial score (nSPS) is 20.9. The highest BCUT2D eigenvalue weighted by atomic mass is 16.5. The van der Waals surface area contributed by atoms with Crippen molar-refractivity contribution in [3.8, 4) is 5.75 Å². The zero-order chi connectivity index (χ0) is 13.0. The van der Waals surface area contributed by atoms with Crippen LogP contribution in [0.5, 0.6) is 5.75 Å². The number of nitrogens with zero attached hydrogens (tertiary/aromatic N) is 1. The van der Waals surface area contributed by atoms with Crippen molar-refractivity contribution >= 4 is 5.84 Å². The van der Waals surface area contributed by atoms with Gasteiger partial charge in [-0.1, -0.05) is 30.3 Å². The predicted octanol–water partition coefficient (Wildman–Crippen LogP) is 1.48. The maximum Gasteiger partial charge on any atom is 0.143 e. The first-order valence-corrected chi connectivity index (χ1v) is 6.15. The van der Waals surface area contributed by atoms with Crippen LogP contribution in [-0.4, -0.2) is 24.2 Å². The molecule has 98 valence electrons. The van der Waals surface area contributed by atoms with E-state index in [1.165, 1.54) is 5.56 Å². The summed E-state index contributed by atoms with van der Waals surface area (Å²) in [5.41, 5.74) is 6.74. The van der Waals surface area contributed by atoms with Crippen LogP contribution in [0.4, 0.5) is 0 Å². The number of hydrogen-bond acceptors (Lipinski definition) is 4. The summed E-state index contributed by atoms with van der Waals surface area (Å²) in [4.78, 5) is 0. The van der Waals surface area contributed by atoms with Crippen LogP contribution in [0.15, 0.2) is 29.4 Å². The summed E-state index contributed by atoms with van der Waals surface area (Å²) in [5.74, 6) is 1.20. The van der Waals surface area contributed by atoms with Gasteiger partial charge in [-0.05, 0) is 6.07 Å². The zero-order valence-electron chi connectivity index (χ0n) is 10.5. The molecular formula is C13H19N3O2. The van der Waals surface area contributed by atoms with Gasteiger partial charge in [-0.25, -0.2) is 0 Å². The van der Waals surface area contributed by atoms with Crippen LogP contribution < -0.4 is 15.8 Å². The summed E-state index contributed by atoms with van der Waals surface area (Å²) in [6.07, 6.45) is 0.930. The van der Waals surface area contributed by atoms with E-state index in [2.05, 4.69) is 16.5 Å². The summed E-state index contributed by atoms with van der Waals surface area (Å²) < 4.78 is 5.60. The first-order chi connectivity index (χ1) is 8.72. The highest BCUT2D eigenvalue weighted by Crippen LogP contribution is 2.31. The lowest BCUT2D eigenvalue weighted by Crippen LogP contribution is -2.35. The molecule has 0 saturated heterocycles. The molecule has 0 spiro atoms. The number of nitrogens with one attached hydrogen (secondary N) is 1. The van der Waals surface area contributed by atoms with E-state index in [9.17, 15) is 0 Å². The number of amidine groups is 1. The number of hydrogen-bond donors (Lipinski definition) is 3. The molecule has 4 N–H and O–H groups in total. The van der Waals surface area contributed by atoms with Crippen LogP contribution in [0.1, 0.15) is 24.9 Å². The van der Waals surface area contributed by atoms with Crippen LogP contribution in [0, 0.1) is 5.92 Å². The molecule has 0 amide bonds. The van der Waals surface area contributed by atoms with Gasteiger partial charge in [-0.3, -0.25) is 0 Å². The van der Waals surface area contributed by atoms with E-state index in [0.717, 1.165) is 12.2 Å². The summed E-state index contributed by atoms with van der Waals surface area (Å²) in [5, 5.41) is 15.1. The minimum absolute atomic E-state index is 0.00464. The molecule has 5 heteroatoms. The van der Waals surface area contributed by atoms with E-state index in [4.69, 9.17) is 15.7 Å². The third kappa shape index (κ3) is 2.73. The first kappa shape index (κ1) is 12.7. The lowest BCUT2D eigenvalue weighted by Gasteiger charge is -2.27. The number of rotatable bonds is 4. The summed E-state index contributed by atoms with van der Waals surface area (Å²) in [7, 11) is 0. The van der Waals surface area contributed by atoms with Crippen LogP contribution in [0.3, 0.4) is 0 Å². The average Bonchev–Trinajstić information content (AvgIpc) is 2.43. The second-order valence-corrected chi connectivity index (χ2v) is 4.56. The second-order valence-electron chi connectivity index (χ2n) is 4.56. The second kappa shape index (κ2) is 5.73. The smallest absolute Gasteiger partial charge is 0.143 e. The number of para-hydroxylation sites is 1. The molecule has 1 aliphatic heterocycles. The quantitative estimate of drug-likeness (QED) is 0.327. The molecule has 5 nitrogen and oxygen atoms in total. The molecule has 2 rings (SSSR count). The molecule has 1 aromatic rings. The fourth-order valence-corrected chi connectivity index (χ4v) is 2.08. The van der Waals surface area contributed by atoms with Gasteiger partial charge in [0.2, 0.25) is 0 Å². The van der Waals surface area contributed by atoms with E-state index in [0.29, 0.717) is 13.2 Å². The fourth-order valence-electron chi connectivity index (χ4n) is 2.08. The highest BCUT2D eigenvalue weighted by molar-refractivity contribution is 5.82. The van der Waals surface area contributed by atoms with Gasteiger partial charge in [-0.2, -0.15) is 0 Å². The Morgan fingerprint density at radius 2 is 2.39 bits per heavy atom. The maximum atomic E-state index is 8.62. The van der Waals surface area contributed by atoms with Gasteiger partial charge in [0.15, 0.2) is 0 Å². The van der Waals surface area contributed by atoms with Gasteiger partial charge in [0.05, 0.1) is 6.61 Å². The van der Waals surface area contributed by atoms with Crippen molar-refractivity contribution in [3.05, 3.63) is 29.8 Å². The number of fused-ring (bicyclic) bond motifs is 1. The van der Waals surface area contributed by atoms with Gasteiger partial charge in [0.25, 0.3) is 0 Å². The van der Waals surface area contributed by atoms with Crippen molar-refractivity contribution in [1.29, 1.82) is 0 Å². The van der Waals surface area contributed by atoms with Crippen molar-refractivity contribution in [3.63, 3.8) is 0 Å². The standard InChI is InChI=1S/C13H19N3O2/c1-9(13(14)16-17)8-15-11-6-7-18-12-5-3-2-4-10(11)12/h2-5,9,11,15,17H,6-8H2,1H3,(H2,14,16). The van der Waals surface area contributed by atoms with Crippen molar-refractivity contribution in [2.75, 3.05) is 13.2 Å². The average molecular weight is 249 g/mol. The largest absolute Gasteiger partial charge is 0.493 e. The van der Waals surface area contributed by atoms with Gasteiger partial charge in [-0.15, -0.1) is 0 Å². The van der Waals surface area contributed by atoms with E-state index in [1.54, 1.807) is 0 Å². The van der Waals surface area contributed by atoms with Gasteiger partial charge < -0.3 is 21.0 Å². The van der Waals surface area contributed by atoms with Gasteiger partial charge >= 0.3 is 0 Å². The third-order valence-electron chi connectivity index (χ3n) is 3.25. The number of benzene rings is 1. The Morgan fingerprint density at radius 1 is 1.61 bits per heavy atom. The zero-order valence-corrected chi connectivity index (χ0v) is 10.5. The minimum atomic E-state index is 0.00464. The summed E-state index contributed by atoms with van der Waals surface area (Å²) in [6, 6.07) is 8.30. The van der Waals surface area contributed by atoms with Crippen molar-refractivity contribution in [2.45, 2.75) is 19.4 Å². The molecule has 2 unspecified atom stereocenters. The lowest BCUT2D eigenvalue weighted by molar-refractivity contribution is 0.251. The van der Waals surface area contributed by atoms with E-state index < -0.39 is 0 Å². The molecule has 0 radical (unpaired) electrons. The van der Waals surface area contributed by atoms with Crippen molar-refractivity contribution in [1.82, 2.24) is 5.32 Å². The Kier molecular flexibility index (Phi) is 4.04. The van der Waals surface area contributed by atoms with E-state index in [-0.39, 0.29) is 17.8 Å². The van der Waals surface area contributed by atoms with Crippen LogP contribution in [-0.2, 0) is 0 Å². The molecule has 1 aliphatic rings. The lowest BCUT2D eigenvalue weighted by atomic mass is 10.00. The summed E-state index contributed by atoms with van der Waals surface area (Å²) in [6.45, 7) is 3.31. The Morgan fingerprint density at radius 3 is 3.17 bits per heavy atom. The Labute approximate surface area is 107 Å². The van der Waals surface area contributed by atoms with Gasteiger partial charge in [0.1, 0.15) is 11.6 Å². The van der Waals surface area contributed by atoms with Crippen molar-refractivity contribution < 1.29 is 9.94 Å². The molecule has 18 heavy (non-hydrogen) atoms. The predicted molar refractivity (Wildman–Crippen MR) is 69.9 cm³/mol. The Bertz CT molecular complexity index is 434. The molecule has 0 fully saturated rings. The summed E-state index contributed by atoms with van der Waals surface area (Å²) >= 11 is 0. The minimum Gasteiger partial charge on any atom is -0.493 e. The third-order valence-corrected chi connectivity index (χ3v) is 3.25. The van der Waals surface area contributed by atoms with Crippen molar-refractivity contribution in [2.24, 2.45) is 16.8 Å². The van der Waals surface area contributed by atoms with E-state index >= 15 is 0 Å². The van der Waals surface area contributed by atoms with Crippen LogP contribution >= 0.6 is 0 Å². The van der Waals surface area contributed by atoms with Crippen LogP contribution in [0.2, 0.25) is 0 Å².